The zero-order valence-corrected chi connectivity index (χ0v) is 18.9. The molecule has 0 bridgehead atoms. The number of carbonyl (C=O) groups is 1. The number of amides is 1. The molecule has 0 radical (unpaired) electrons. The van der Waals surface area contributed by atoms with Gasteiger partial charge >= 0.3 is 0 Å². The summed E-state index contributed by atoms with van der Waals surface area (Å²) in [6.07, 6.45) is 0. The van der Waals surface area contributed by atoms with E-state index in [1.807, 2.05) is 36.9 Å². The van der Waals surface area contributed by atoms with Gasteiger partial charge in [-0.25, -0.2) is 8.42 Å². The SMILES string of the molecule is CCN(CC)S(=O)(=O)c1cc(C(=O)N2CCN(Cc3ccccc3)CC2)ccc1C. The molecule has 2 aromatic carbocycles. The molecule has 162 valence electrons. The van der Waals surface area contributed by atoms with Crippen molar-refractivity contribution in [3.05, 3.63) is 65.2 Å². The third kappa shape index (κ3) is 4.91. The van der Waals surface area contributed by atoms with E-state index < -0.39 is 10.0 Å². The molecule has 0 aliphatic carbocycles. The fourth-order valence-electron chi connectivity index (χ4n) is 3.85. The van der Waals surface area contributed by atoms with Gasteiger partial charge in [-0.3, -0.25) is 9.69 Å². The Kier molecular flexibility index (Phi) is 7.28. The second-order valence-electron chi connectivity index (χ2n) is 7.62. The summed E-state index contributed by atoms with van der Waals surface area (Å²) in [5.74, 6) is -0.106. The Bertz CT molecular complexity index is 964. The van der Waals surface area contributed by atoms with Gasteiger partial charge in [0.15, 0.2) is 0 Å². The van der Waals surface area contributed by atoms with Crippen LogP contribution in [0.25, 0.3) is 0 Å². The van der Waals surface area contributed by atoms with E-state index in [0.717, 1.165) is 19.6 Å². The second-order valence-corrected chi connectivity index (χ2v) is 9.53. The van der Waals surface area contributed by atoms with Gasteiger partial charge in [0.2, 0.25) is 10.0 Å². The van der Waals surface area contributed by atoms with E-state index in [1.165, 1.54) is 9.87 Å². The van der Waals surface area contributed by atoms with E-state index >= 15 is 0 Å². The van der Waals surface area contributed by atoms with Crippen LogP contribution in [-0.2, 0) is 16.6 Å². The summed E-state index contributed by atoms with van der Waals surface area (Å²) >= 11 is 0. The fraction of sp³-hybridized carbons (Fsp3) is 0.435. The summed E-state index contributed by atoms with van der Waals surface area (Å²) < 4.78 is 27.4. The van der Waals surface area contributed by atoms with Gasteiger partial charge in [-0.05, 0) is 30.2 Å². The van der Waals surface area contributed by atoms with Gasteiger partial charge in [-0.2, -0.15) is 4.31 Å². The first-order valence-corrected chi connectivity index (χ1v) is 12.0. The van der Waals surface area contributed by atoms with Crippen LogP contribution in [0.4, 0.5) is 0 Å². The van der Waals surface area contributed by atoms with Crippen LogP contribution in [0.2, 0.25) is 0 Å². The van der Waals surface area contributed by atoms with E-state index in [0.29, 0.717) is 37.3 Å². The minimum Gasteiger partial charge on any atom is -0.336 e. The Labute approximate surface area is 180 Å². The molecule has 2 aromatic rings. The lowest BCUT2D eigenvalue weighted by Gasteiger charge is -2.35. The molecular weight excluding hydrogens is 398 g/mol. The van der Waals surface area contributed by atoms with E-state index in [2.05, 4.69) is 17.0 Å². The maximum absolute atomic E-state index is 13.1. The van der Waals surface area contributed by atoms with E-state index in [4.69, 9.17) is 0 Å². The summed E-state index contributed by atoms with van der Waals surface area (Å²) in [4.78, 5) is 17.4. The van der Waals surface area contributed by atoms with Crippen molar-refractivity contribution in [3.63, 3.8) is 0 Å². The molecule has 1 aliphatic rings. The van der Waals surface area contributed by atoms with Crippen molar-refractivity contribution in [2.24, 2.45) is 0 Å². The Morgan fingerprint density at radius 1 is 0.967 bits per heavy atom. The highest BCUT2D eigenvalue weighted by Gasteiger charge is 2.27. The van der Waals surface area contributed by atoms with Crippen molar-refractivity contribution in [2.45, 2.75) is 32.2 Å². The van der Waals surface area contributed by atoms with Crippen molar-refractivity contribution >= 4 is 15.9 Å². The number of rotatable bonds is 7. The zero-order chi connectivity index (χ0) is 21.7. The molecule has 6 nitrogen and oxygen atoms in total. The molecule has 30 heavy (non-hydrogen) atoms. The molecule has 1 amide bonds. The maximum Gasteiger partial charge on any atom is 0.253 e. The monoisotopic (exact) mass is 429 g/mol. The summed E-state index contributed by atoms with van der Waals surface area (Å²) in [7, 11) is -3.61. The Hall–Kier alpha value is -2.22. The Morgan fingerprint density at radius 3 is 2.20 bits per heavy atom. The molecule has 1 aliphatic heterocycles. The molecule has 0 N–H and O–H groups in total. The summed E-state index contributed by atoms with van der Waals surface area (Å²) in [6.45, 7) is 9.97. The maximum atomic E-state index is 13.1. The van der Waals surface area contributed by atoms with Gasteiger partial charge in [0.1, 0.15) is 0 Å². The van der Waals surface area contributed by atoms with E-state index in [9.17, 15) is 13.2 Å². The van der Waals surface area contributed by atoms with Crippen LogP contribution in [0, 0.1) is 6.92 Å². The number of aryl methyl sites for hydroxylation is 1. The number of benzene rings is 2. The molecule has 1 fully saturated rings. The minimum atomic E-state index is -3.61. The second kappa shape index (κ2) is 9.73. The van der Waals surface area contributed by atoms with Crippen LogP contribution >= 0.6 is 0 Å². The highest BCUT2D eigenvalue weighted by molar-refractivity contribution is 7.89. The van der Waals surface area contributed by atoms with Gasteiger partial charge in [-0.1, -0.05) is 50.2 Å². The molecule has 3 rings (SSSR count). The highest BCUT2D eigenvalue weighted by Crippen LogP contribution is 2.22. The molecule has 1 heterocycles. The summed E-state index contributed by atoms with van der Waals surface area (Å²) in [6, 6.07) is 15.3. The summed E-state index contributed by atoms with van der Waals surface area (Å²) in [5, 5.41) is 0. The lowest BCUT2D eigenvalue weighted by Crippen LogP contribution is -2.48. The van der Waals surface area contributed by atoms with E-state index in [1.54, 1.807) is 25.1 Å². The molecular formula is C23H31N3O3S. The average Bonchev–Trinajstić information content (AvgIpc) is 2.75. The number of carbonyl (C=O) groups excluding carboxylic acids is 1. The molecule has 0 unspecified atom stereocenters. The zero-order valence-electron chi connectivity index (χ0n) is 18.0. The predicted octanol–water partition coefficient (Wildman–Crippen LogP) is 2.98. The standard InChI is InChI=1S/C23H31N3O3S/c1-4-26(5-2)30(28,29)22-17-21(12-11-19(22)3)23(27)25-15-13-24(14-16-25)18-20-9-7-6-8-10-20/h6-12,17H,4-5,13-16,18H2,1-3H3. The van der Waals surface area contributed by atoms with Crippen molar-refractivity contribution < 1.29 is 13.2 Å². The Morgan fingerprint density at radius 2 is 1.60 bits per heavy atom. The summed E-state index contributed by atoms with van der Waals surface area (Å²) in [5.41, 5.74) is 2.36. The smallest absolute Gasteiger partial charge is 0.253 e. The largest absolute Gasteiger partial charge is 0.336 e. The van der Waals surface area contributed by atoms with Crippen molar-refractivity contribution in [1.29, 1.82) is 0 Å². The first kappa shape index (κ1) is 22.5. The molecule has 7 heteroatoms. The van der Waals surface area contributed by atoms with Crippen molar-refractivity contribution in [1.82, 2.24) is 14.1 Å². The van der Waals surface area contributed by atoms with Crippen LogP contribution in [0.1, 0.15) is 35.3 Å². The average molecular weight is 430 g/mol. The van der Waals surface area contributed by atoms with Gasteiger partial charge in [0, 0.05) is 51.4 Å². The third-order valence-electron chi connectivity index (χ3n) is 5.67. The molecule has 0 spiro atoms. The van der Waals surface area contributed by atoms with Crippen LogP contribution in [0.15, 0.2) is 53.4 Å². The minimum absolute atomic E-state index is 0.106. The van der Waals surface area contributed by atoms with Crippen LogP contribution in [0.3, 0.4) is 0 Å². The van der Waals surface area contributed by atoms with Gasteiger partial charge in [0.05, 0.1) is 4.90 Å². The lowest BCUT2D eigenvalue weighted by atomic mass is 10.1. The Balaban J connectivity index is 1.71. The lowest BCUT2D eigenvalue weighted by molar-refractivity contribution is 0.0628. The number of nitrogens with zero attached hydrogens (tertiary/aromatic N) is 3. The fourth-order valence-corrected chi connectivity index (χ4v) is 5.56. The predicted molar refractivity (Wildman–Crippen MR) is 119 cm³/mol. The van der Waals surface area contributed by atoms with Crippen molar-refractivity contribution in [2.75, 3.05) is 39.3 Å². The van der Waals surface area contributed by atoms with Crippen LogP contribution < -0.4 is 0 Å². The first-order valence-electron chi connectivity index (χ1n) is 10.5. The number of piperazine rings is 1. The number of sulfonamides is 1. The quantitative estimate of drug-likeness (QED) is 0.679. The number of hydrogen-bond donors (Lipinski definition) is 0. The molecule has 1 saturated heterocycles. The molecule has 0 aromatic heterocycles. The van der Waals surface area contributed by atoms with Gasteiger partial charge in [-0.15, -0.1) is 0 Å². The first-order chi connectivity index (χ1) is 14.4. The van der Waals surface area contributed by atoms with Gasteiger partial charge in [0.25, 0.3) is 5.91 Å². The normalized spacial score (nSPS) is 15.5. The highest BCUT2D eigenvalue weighted by atomic mass is 32.2. The topological polar surface area (TPSA) is 60.9 Å². The van der Waals surface area contributed by atoms with E-state index in [-0.39, 0.29) is 10.8 Å². The molecule has 0 saturated carbocycles. The third-order valence-corrected chi connectivity index (χ3v) is 7.86. The van der Waals surface area contributed by atoms with Crippen LogP contribution in [-0.4, -0.2) is 67.7 Å². The van der Waals surface area contributed by atoms with Gasteiger partial charge < -0.3 is 4.90 Å². The number of hydrogen-bond acceptors (Lipinski definition) is 4. The van der Waals surface area contributed by atoms with Crippen molar-refractivity contribution in [3.8, 4) is 0 Å². The van der Waals surface area contributed by atoms with Crippen LogP contribution in [0.5, 0.6) is 0 Å². The molecule has 0 atom stereocenters.